The van der Waals surface area contributed by atoms with Crippen molar-refractivity contribution in [2.75, 3.05) is 31.1 Å². The molecule has 0 N–H and O–H groups in total. The van der Waals surface area contributed by atoms with Gasteiger partial charge in [-0.15, -0.1) is 11.3 Å². The van der Waals surface area contributed by atoms with Gasteiger partial charge in [0.15, 0.2) is 0 Å². The molecule has 7 heteroatoms. The fourth-order valence-corrected chi connectivity index (χ4v) is 6.74. The van der Waals surface area contributed by atoms with Crippen LogP contribution < -0.4 is 4.90 Å². The lowest BCUT2D eigenvalue weighted by atomic mass is 9.74. The van der Waals surface area contributed by atoms with Crippen LogP contribution in [0, 0.1) is 5.92 Å². The summed E-state index contributed by atoms with van der Waals surface area (Å²) in [7, 11) is 0. The molecular weight excluding hydrogens is 497 g/mol. The van der Waals surface area contributed by atoms with Crippen LogP contribution in [0.15, 0.2) is 41.9 Å². The minimum absolute atomic E-state index is 0.00206. The van der Waals surface area contributed by atoms with E-state index in [0.29, 0.717) is 16.5 Å². The summed E-state index contributed by atoms with van der Waals surface area (Å²) in [6, 6.07) is 10.0. The highest BCUT2D eigenvalue weighted by atomic mass is 35.5. The molecule has 182 valence electrons. The van der Waals surface area contributed by atoms with Gasteiger partial charge in [0.25, 0.3) is 0 Å². The topological polar surface area (TPSA) is 36.4 Å². The molecule has 3 heterocycles. The number of likely N-dealkylation sites (tertiary alicyclic amines) is 1. The predicted molar refractivity (Wildman–Crippen MR) is 147 cm³/mol. The number of amides is 1. The second-order valence-corrected chi connectivity index (χ2v) is 12.0. The fourth-order valence-electron chi connectivity index (χ4n) is 5.75. The standard InChI is InChI=1S/C28H29Cl2N3OS/c29-21-7-5-20(16-22(21)30)2-1-13-32-14-11-28(12-15-32)17-33(25(34)10-6-19-3-4-19)23-8-9-24-27(26(23)28)31-18-35-24/h1-2,5,7-9,16,18-19H,3-4,6,10-15,17H2/b2-1+. The van der Waals surface area contributed by atoms with Crippen molar-refractivity contribution in [3.8, 4) is 0 Å². The Morgan fingerprint density at radius 2 is 1.97 bits per heavy atom. The van der Waals surface area contributed by atoms with Crippen molar-refractivity contribution in [2.45, 2.75) is 43.9 Å². The number of fused-ring (bicyclic) bond motifs is 4. The zero-order valence-corrected chi connectivity index (χ0v) is 22.0. The highest BCUT2D eigenvalue weighted by molar-refractivity contribution is 7.16. The maximum absolute atomic E-state index is 13.3. The van der Waals surface area contributed by atoms with E-state index < -0.39 is 0 Å². The van der Waals surface area contributed by atoms with Crippen molar-refractivity contribution in [2.24, 2.45) is 5.92 Å². The van der Waals surface area contributed by atoms with Gasteiger partial charge in [-0.2, -0.15) is 0 Å². The molecule has 0 atom stereocenters. The molecule has 1 saturated carbocycles. The molecule has 35 heavy (non-hydrogen) atoms. The predicted octanol–water partition coefficient (Wildman–Crippen LogP) is 7.19. The van der Waals surface area contributed by atoms with Crippen molar-refractivity contribution in [1.29, 1.82) is 0 Å². The van der Waals surface area contributed by atoms with E-state index in [2.05, 4.69) is 34.1 Å². The number of carbonyl (C=O) groups excluding carboxylic acids is 1. The molecule has 1 spiro atoms. The van der Waals surface area contributed by atoms with Gasteiger partial charge in [0.1, 0.15) is 0 Å². The van der Waals surface area contributed by atoms with Crippen LogP contribution in [0.4, 0.5) is 5.69 Å². The molecule has 1 saturated heterocycles. The number of hydrogen-bond donors (Lipinski definition) is 0. The van der Waals surface area contributed by atoms with E-state index in [9.17, 15) is 4.79 Å². The number of halogens is 2. The first kappa shape index (κ1) is 23.5. The Balaban J connectivity index is 1.18. The molecule has 3 aromatic rings. The monoisotopic (exact) mass is 525 g/mol. The van der Waals surface area contributed by atoms with Gasteiger partial charge in [0, 0.05) is 36.2 Å². The average Bonchev–Trinajstić information content (AvgIpc) is 3.47. The van der Waals surface area contributed by atoms with E-state index in [0.717, 1.165) is 68.1 Å². The summed E-state index contributed by atoms with van der Waals surface area (Å²) in [4.78, 5) is 22.7. The number of nitrogens with zero attached hydrogens (tertiary/aromatic N) is 3. The molecule has 2 fully saturated rings. The van der Waals surface area contributed by atoms with Gasteiger partial charge in [-0.3, -0.25) is 9.69 Å². The minimum atomic E-state index is 0.00206. The highest BCUT2D eigenvalue weighted by Crippen LogP contribution is 2.50. The van der Waals surface area contributed by atoms with Crippen LogP contribution in [0.3, 0.4) is 0 Å². The summed E-state index contributed by atoms with van der Waals surface area (Å²) < 4.78 is 1.22. The van der Waals surface area contributed by atoms with E-state index >= 15 is 0 Å². The molecule has 2 aromatic carbocycles. The summed E-state index contributed by atoms with van der Waals surface area (Å²) in [6.45, 7) is 3.72. The van der Waals surface area contributed by atoms with Crippen LogP contribution in [-0.2, 0) is 10.2 Å². The van der Waals surface area contributed by atoms with Gasteiger partial charge in [-0.25, -0.2) is 4.98 Å². The molecule has 1 aromatic heterocycles. The van der Waals surface area contributed by atoms with Crippen LogP contribution in [0.1, 0.15) is 49.7 Å². The van der Waals surface area contributed by atoms with Crippen LogP contribution in [0.2, 0.25) is 10.0 Å². The number of thiazole rings is 1. The smallest absolute Gasteiger partial charge is 0.227 e. The molecule has 6 rings (SSSR count). The number of rotatable bonds is 6. The fraction of sp³-hybridized carbons (Fsp3) is 0.429. The van der Waals surface area contributed by atoms with E-state index in [1.165, 1.54) is 23.1 Å². The van der Waals surface area contributed by atoms with Crippen molar-refractivity contribution >= 4 is 62.4 Å². The third-order valence-corrected chi connectivity index (χ3v) is 9.49. The Hall–Kier alpha value is -1.92. The minimum Gasteiger partial charge on any atom is -0.311 e. The van der Waals surface area contributed by atoms with Crippen LogP contribution in [0.25, 0.3) is 16.3 Å². The SMILES string of the molecule is O=C(CCC1CC1)N1CC2(CCN(C/C=C/c3ccc(Cl)c(Cl)c3)CC2)c2c1ccc1scnc21. The summed E-state index contributed by atoms with van der Waals surface area (Å²) in [6.07, 6.45) is 10.7. The van der Waals surface area contributed by atoms with E-state index in [1.807, 2.05) is 23.7 Å². The summed E-state index contributed by atoms with van der Waals surface area (Å²) >= 11 is 13.9. The highest BCUT2D eigenvalue weighted by Gasteiger charge is 2.47. The van der Waals surface area contributed by atoms with Crippen molar-refractivity contribution in [1.82, 2.24) is 9.88 Å². The third kappa shape index (κ3) is 4.64. The van der Waals surface area contributed by atoms with Gasteiger partial charge < -0.3 is 4.90 Å². The molecule has 2 aliphatic heterocycles. The first-order valence-electron chi connectivity index (χ1n) is 12.5. The largest absolute Gasteiger partial charge is 0.311 e. The molecule has 0 unspecified atom stereocenters. The summed E-state index contributed by atoms with van der Waals surface area (Å²) in [5.41, 5.74) is 6.54. The molecule has 3 aliphatic rings. The second kappa shape index (κ2) is 9.51. The van der Waals surface area contributed by atoms with Crippen LogP contribution in [0.5, 0.6) is 0 Å². The maximum atomic E-state index is 13.3. The van der Waals surface area contributed by atoms with E-state index in [1.54, 1.807) is 11.3 Å². The van der Waals surface area contributed by atoms with E-state index in [4.69, 9.17) is 28.2 Å². The first-order chi connectivity index (χ1) is 17.0. The average molecular weight is 527 g/mol. The number of carbonyl (C=O) groups is 1. The van der Waals surface area contributed by atoms with Crippen LogP contribution >= 0.6 is 34.5 Å². The number of aromatic nitrogens is 1. The van der Waals surface area contributed by atoms with Gasteiger partial charge in [-0.05, 0) is 68.1 Å². The lowest BCUT2D eigenvalue weighted by Crippen LogP contribution is -2.46. The summed E-state index contributed by atoms with van der Waals surface area (Å²) in [5.74, 6) is 1.06. The molecule has 0 radical (unpaired) electrons. The van der Waals surface area contributed by atoms with Crippen LogP contribution in [-0.4, -0.2) is 42.0 Å². The van der Waals surface area contributed by atoms with Gasteiger partial charge in [0.05, 0.1) is 25.8 Å². The number of benzene rings is 2. The second-order valence-electron chi connectivity index (χ2n) is 10.3. The Kier molecular flexibility index (Phi) is 6.38. The van der Waals surface area contributed by atoms with Crippen molar-refractivity contribution < 1.29 is 4.79 Å². The number of anilines is 1. The van der Waals surface area contributed by atoms with Gasteiger partial charge in [0.2, 0.25) is 5.91 Å². The number of hydrogen-bond acceptors (Lipinski definition) is 4. The quantitative estimate of drug-likeness (QED) is 0.341. The molecule has 1 amide bonds. The van der Waals surface area contributed by atoms with Gasteiger partial charge in [-0.1, -0.05) is 54.3 Å². The summed E-state index contributed by atoms with van der Waals surface area (Å²) in [5, 5.41) is 1.16. The third-order valence-electron chi connectivity index (χ3n) is 7.96. The lowest BCUT2D eigenvalue weighted by molar-refractivity contribution is -0.118. The molecule has 1 aliphatic carbocycles. The normalized spacial score (nSPS) is 19.8. The number of piperidine rings is 1. The Labute approximate surface area is 220 Å². The molecule has 0 bridgehead atoms. The Bertz CT molecular complexity index is 1290. The van der Waals surface area contributed by atoms with Gasteiger partial charge >= 0.3 is 0 Å². The Morgan fingerprint density at radius 1 is 1.14 bits per heavy atom. The zero-order chi connectivity index (χ0) is 24.0. The lowest BCUT2D eigenvalue weighted by Gasteiger charge is -2.39. The zero-order valence-electron chi connectivity index (χ0n) is 19.7. The molecular formula is C28H29Cl2N3OS. The van der Waals surface area contributed by atoms with Crippen molar-refractivity contribution in [3.63, 3.8) is 0 Å². The Morgan fingerprint density at radius 3 is 2.74 bits per heavy atom. The maximum Gasteiger partial charge on any atom is 0.227 e. The molecule has 4 nitrogen and oxygen atoms in total. The van der Waals surface area contributed by atoms with E-state index in [-0.39, 0.29) is 11.3 Å². The first-order valence-corrected chi connectivity index (χ1v) is 14.2. The van der Waals surface area contributed by atoms with Crippen molar-refractivity contribution in [3.05, 3.63) is 63.1 Å².